The van der Waals surface area contributed by atoms with Crippen molar-refractivity contribution in [3.8, 4) is 0 Å². The van der Waals surface area contributed by atoms with Crippen molar-refractivity contribution >= 4 is 5.91 Å². The number of likely N-dealkylation sites (tertiary alicyclic amines) is 1. The first-order valence-electron chi connectivity index (χ1n) is 8.50. The number of rotatable bonds is 5. The third-order valence-corrected chi connectivity index (χ3v) is 4.72. The van der Waals surface area contributed by atoms with Gasteiger partial charge in [0.25, 0.3) is 0 Å². The van der Waals surface area contributed by atoms with Crippen molar-refractivity contribution in [2.24, 2.45) is 5.92 Å². The van der Waals surface area contributed by atoms with Crippen LogP contribution < -0.4 is 0 Å². The summed E-state index contributed by atoms with van der Waals surface area (Å²) in [7, 11) is 1.77. The maximum atomic E-state index is 12.6. The molecule has 126 valence electrons. The number of hydrogen-bond donors (Lipinski definition) is 0. The van der Waals surface area contributed by atoms with Gasteiger partial charge in [-0.1, -0.05) is 36.4 Å². The van der Waals surface area contributed by atoms with Crippen LogP contribution >= 0.6 is 0 Å². The molecule has 3 rings (SSSR count). The number of nitrogens with zero attached hydrogens (tertiary/aromatic N) is 2. The number of amides is 1. The zero-order valence-corrected chi connectivity index (χ0v) is 14.1. The number of benzene rings is 1. The van der Waals surface area contributed by atoms with E-state index in [-0.39, 0.29) is 12.0 Å². The summed E-state index contributed by atoms with van der Waals surface area (Å²) in [5, 5.41) is 0. The van der Waals surface area contributed by atoms with Crippen LogP contribution in [0.1, 0.15) is 17.7 Å². The molecule has 1 amide bonds. The van der Waals surface area contributed by atoms with Crippen LogP contribution in [0.4, 0.5) is 0 Å². The topological polar surface area (TPSA) is 42.4 Å². The molecule has 4 nitrogen and oxygen atoms in total. The van der Waals surface area contributed by atoms with Crippen LogP contribution in [0.5, 0.6) is 0 Å². The Hall–Kier alpha value is -2.20. The van der Waals surface area contributed by atoms with Crippen molar-refractivity contribution in [3.05, 3.63) is 66.0 Å². The molecule has 0 aliphatic carbocycles. The molecule has 0 saturated carbocycles. The molecule has 1 aliphatic rings. The fourth-order valence-corrected chi connectivity index (χ4v) is 3.43. The Bertz CT molecular complexity index is 645. The van der Waals surface area contributed by atoms with Crippen LogP contribution in [0.3, 0.4) is 0 Å². The Kier molecular flexibility index (Phi) is 5.59. The average molecular weight is 324 g/mol. The molecule has 2 heterocycles. The highest BCUT2D eigenvalue weighted by atomic mass is 16.5. The van der Waals surface area contributed by atoms with Gasteiger partial charge in [0.05, 0.1) is 12.5 Å². The number of aromatic nitrogens is 1. The summed E-state index contributed by atoms with van der Waals surface area (Å²) in [6.07, 6.45) is 4.15. The van der Waals surface area contributed by atoms with Crippen LogP contribution in [0.25, 0.3) is 0 Å². The second-order valence-electron chi connectivity index (χ2n) is 6.35. The highest BCUT2D eigenvalue weighted by Crippen LogP contribution is 2.24. The third kappa shape index (κ3) is 4.20. The van der Waals surface area contributed by atoms with Crippen molar-refractivity contribution in [1.29, 1.82) is 0 Å². The van der Waals surface area contributed by atoms with Gasteiger partial charge in [0, 0.05) is 38.0 Å². The number of methoxy groups -OCH3 is 1. The molecule has 0 unspecified atom stereocenters. The van der Waals surface area contributed by atoms with Gasteiger partial charge in [-0.15, -0.1) is 0 Å². The Morgan fingerprint density at radius 1 is 1.21 bits per heavy atom. The smallest absolute Gasteiger partial charge is 0.228 e. The van der Waals surface area contributed by atoms with E-state index < -0.39 is 0 Å². The van der Waals surface area contributed by atoms with Crippen molar-refractivity contribution in [1.82, 2.24) is 9.88 Å². The zero-order chi connectivity index (χ0) is 16.8. The van der Waals surface area contributed by atoms with Crippen molar-refractivity contribution < 1.29 is 9.53 Å². The van der Waals surface area contributed by atoms with Crippen molar-refractivity contribution in [2.45, 2.75) is 25.4 Å². The summed E-state index contributed by atoms with van der Waals surface area (Å²) in [4.78, 5) is 18.8. The summed E-state index contributed by atoms with van der Waals surface area (Å²) in [5.74, 6) is 0.486. The van der Waals surface area contributed by atoms with E-state index in [0.717, 1.165) is 31.6 Å². The van der Waals surface area contributed by atoms with E-state index in [1.54, 1.807) is 13.3 Å². The number of carbonyl (C=O) groups excluding carboxylic acids is 1. The van der Waals surface area contributed by atoms with Gasteiger partial charge in [0.1, 0.15) is 0 Å². The van der Waals surface area contributed by atoms with E-state index in [1.165, 1.54) is 5.56 Å². The molecule has 0 spiro atoms. The zero-order valence-electron chi connectivity index (χ0n) is 14.1. The van der Waals surface area contributed by atoms with Crippen molar-refractivity contribution in [2.75, 3.05) is 20.2 Å². The van der Waals surface area contributed by atoms with Gasteiger partial charge in [-0.25, -0.2) is 0 Å². The Labute approximate surface area is 143 Å². The minimum atomic E-state index is 0.154. The molecule has 4 heteroatoms. The van der Waals surface area contributed by atoms with Gasteiger partial charge >= 0.3 is 0 Å². The molecule has 0 N–H and O–H groups in total. The molecular weight excluding hydrogens is 300 g/mol. The molecule has 1 aromatic heterocycles. The Morgan fingerprint density at radius 3 is 2.71 bits per heavy atom. The van der Waals surface area contributed by atoms with Gasteiger partial charge in [-0.2, -0.15) is 0 Å². The Morgan fingerprint density at radius 2 is 2.00 bits per heavy atom. The summed E-state index contributed by atoms with van der Waals surface area (Å²) < 4.78 is 5.67. The van der Waals surface area contributed by atoms with Crippen LogP contribution in [0.2, 0.25) is 0 Å². The van der Waals surface area contributed by atoms with E-state index >= 15 is 0 Å². The minimum absolute atomic E-state index is 0.154. The van der Waals surface area contributed by atoms with Gasteiger partial charge in [0.15, 0.2) is 0 Å². The fourth-order valence-electron chi connectivity index (χ4n) is 3.43. The molecule has 2 aromatic rings. The maximum absolute atomic E-state index is 12.6. The van der Waals surface area contributed by atoms with E-state index in [1.807, 2.05) is 29.2 Å². The molecule has 24 heavy (non-hydrogen) atoms. The number of piperidine rings is 1. The van der Waals surface area contributed by atoms with Gasteiger partial charge in [0.2, 0.25) is 5.91 Å². The molecule has 1 aliphatic heterocycles. The lowest BCUT2D eigenvalue weighted by Gasteiger charge is -2.38. The SMILES string of the molecule is CO[C@H]1CCN(C(=O)Cc2ccccn2)C[C@@H]1Cc1ccccc1. The first-order chi connectivity index (χ1) is 11.8. The first kappa shape index (κ1) is 16.7. The molecule has 1 fully saturated rings. The molecule has 1 saturated heterocycles. The summed E-state index contributed by atoms with van der Waals surface area (Å²) in [6, 6.07) is 16.1. The average Bonchev–Trinajstić information content (AvgIpc) is 2.63. The monoisotopic (exact) mass is 324 g/mol. The number of carbonyl (C=O) groups is 1. The number of hydrogen-bond acceptors (Lipinski definition) is 3. The number of pyridine rings is 1. The highest BCUT2D eigenvalue weighted by Gasteiger charge is 2.31. The lowest BCUT2D eigenvalue weighted by Crippen LogP contribution is -2.47. The quantitative estimate of drug-likeness (QED) is 0.849. The highest BCUT2D eigenvalue weighted by molar-refractivity contribution is 5.78. The van der Waals surface area contributed by atoms with Crippen LogP contribution in [0, 0.1) is 5.92 Å². The minimum Gasteiger partial charge on any atom is -0.381 e. The normalized spacial score (nSPS) is 20.8. The molecular formula is C20H24N2O2. The standard InChI is InChI=1S/C20H24N2O2/c1-24-19-10-12-22(20(23)14-18-9-5-6-11-21-18)15-17(19)13-16-7-3-2-4-8-16/h2-9,11,17,19H,10,12-15H2,1H3/t17-,19-/m0/s1. The molecule has 1 aromatic carbocycles. The first-order valence-corrected chi connectivity index (χ1v) is 8.50. The molecule has 0 bridgehead atoms. The lowest BCUT2D eigenvalue weighted by atomic mass is 9.88. The van der Waals surface area contributed by atoms with Crippen molar-refractivity contribution in [3.63, 3.8) is 0 Å². The maximum Gasteiger partial charge on any atom is 0.228 e. The lowest BCUT2D eigenvalue weighted by molar-refractivity contribution is -0.134. The van der Waals surface area contributed by atoms with Gasteiger partial charge in [-0.05, 0) is 30.5 Å². The molecule has 2 atom stereocenters. The third-order valence-electron chi connectivity index (χ3n) is 4.72. The van der Waals surface area contributed by atoms with Crippen LogP contribution in [-0.2, 0) is 22.4 Å². The largest absolute Gasteiger partial charge is 0.381 e. The summed E-state index contributed by atoms with van der Waals surface area (Å²) >= 11 is 0. The summed E-state index contributed by atoms with van der Waals surface area (Å²) in [5.41, 5.74) is 2.12. The fraction of sp³-hybridized carbons (Fsp3) is 0.400. The van der Waals surface area contributed by atoms with E-state index in [0.29, 0.717) is 12.3 Å². The van der Waals surface area contributed by atoms with Gasteiger partial charge < -0.3 is 9.64 Å². The predicted octanol–water partition coefficient (Wildman–Crippen LogP) is 2.73. The molecule has 0 radical (unpaired) electrons. The summed E-state index contributed by atoms with van der Waals surface area (Å²) in [6.45, 7) is 1.51. The number of ether oxygens (including phenoxy) is 1. The second kappa shape index (κ2) is 8.06. The van der Waals surface area contributed by atoms with Gasteiger partial charge in [-0.3, -0.25) is 9.78 Å². The predicted molar refractivity (Wildman–Crippen MR) is 93.6 cm³/mol. The van der Waals surface area contributed by atoms with E-state index in [9.17, 15) is 4.79 Å². The Balaban J connectivity index is 1.64. The van der Waals surface area contributed by atoms with E-state index in [2.05, 4.69) is 29.2 Å². The van der Waals surface area contributed by atoms with E-state index in [4.69, 9.17) is 4.74 Å². The van der Waals surface area contributed by atoms with Crippen LogP contribution in [-0.4, -0.2) is 42.1 Å². The van der Waals surface area contributed by atoms with Crippen LogP contribution in [0.15, 0.2) is 54.7 Å². The second-order valence-corrected chi connectivity index (χ2v) is 6.35.